The van der Waals surface area contributed by atoms with Crippen LogP contribution in [0.5, 0.6) is 0 Å². The number of carbonyl (C=O) groups excluding carboxylic acids is 1. The van der Waals surface area contributed by atoms with Crippen molar-refractivity contribution < 1.29 is 9.90 Å². The Bertz CT molecular complexity index is 449. The number of amides is 1. The minimum atomic E-state index is -0.151. The van der Waals surface area contributed by atoms with Crippen LogP contribution in [0.1, 0.15) is 31.5 Å². The molecule has 1 heterocycles. The van der Waals surface area contributed by atoms with Crippen LogP contribution >= 0.6 is 12.2 Å². The van der Waals surface area contributed by atoms with Crippen molar-refractivity contribution >= 4 is 18.1 Å². The Morgan fingerprint density at radius 1 is 1.65 bits per heavy atom. The summed E-state index contributed by atoms with van der Waals surface area (Å²) in [6, 6.07) is 0.409. The molecule has 0 aromatic carbocycles. The highest BCUT2D eigenvalue weighted by atomic mass is 32.1. The van der Waals surface area contributed by atoms with Gasteiger partial charge in [-0.15, -0.1) is 0 Å². The van der Waals surface area contributed by atoms with Crippen LogP contribution in [-0.2, 0) is 17.9 Å². The number of aromatic amines is 1. The molecule has 1 fully saturated rings. The van der Waals surface area contributed by atoms with Gasteiger partial charge in [-0.3, -0.25) is 9.89 Å². The van der Waals surface area contributed by atoms with Gasteiger partial charge in [0.05, 0.1) is 0 Å². The summed E-state index contributed by atoms with van der Waals surface area (Å²) in [6.07, 6.45) is 3.38. The summed E-state index contributed by atoms with van der Waals surface area (Å²) in [5, 5.41) is 18.5. The van der Waals surface area contributed by atoms with E-state index in [0.29, 0.717) is 36.0 Å². The Morgan fingerprint density at radius 3 is 3.06 bits per heavy atom. The van der Waals surface area contributed by atoms with Gasteiger partial charge in [0.15, 0.2) is 10.6 Å². The largest absolute Gasteiger partial charge is 0.388 e. The number of carbonyl (C=O) groups is 1. The van der Waals surface area contributed by atoms with Gasteiger partial charge < -0.3 is 15.0 Å². The monoisotopic (exact) mass is 256 g/mol. The highest BCUT2D eigenvalue weighted by Crippen LogP contribution is 2.18. The van der Waals surface area contributed by atoms with E-state index in [4.69, 9.17) is 17.3 Å². The van der Waals surface area contributed by atoms with Gasteiger partial charge in [-0.05, 0) is 31.5 Å². The summed E-state index contributed by atoms with van der Waals surface area (Å²) in [4.78, 5) is 11.4. The summed E-state index contributed by atoms with van der Waals surface area (Å²) in [6.45, 7) is 0.449. The van der Waals surface area contributed by atoms with Gasteiger partial charge in [0.1, 0.15) is 6.61 Å². The summed E-state index contributed by atoms with van der Waals surface area (Å²) in [5.41, 5.74) is 0. The first-order valence-corrected chi connectivity index (χ1v) is 6.16. The molecule has 0 spiro atoms. The number of nitrogens with zero attached hydrogens (tertiary/aromatic N) is 2. The normalized spacial score (nSPS) is 14.9. The molecule has 0 bridgehead atoms. The maximum atomic E-state index is 11.4. The molecule has 6 nitrogen and oxygen atoms in total. The number of aromatic nitrogens is 3. The molecule has 0 atom stereocenters. The molecule has 0 saturated heterocycles. The van der Waals surface area contributed by atoms with Crippen molar-refractivity contribution in [2.45, 2.75) is 44.9 Å². The van der Waals surface area contributed by atoms with Crippen molar-refractivity contribution in [2.75, 3.05) is 0 Å². The third kappa shape index (κ3) is 3.37. The predicted octanol–water partition coefficient (Wildman–Crippen LogP) is 0.492. The standard InChI is InChI=1S/C10H16N4O2S/c15-6-8-12-13-10(17)14(8)5-1-2-9(16)11-7-3-4-7/h7,15H,1-6H2,(H,11,16)(H,13,17). The number of H-pyrrole nitrogens is 1. The number of hydrogen-bond acceptors (Lipinski definition) is 4. The van der Waals surface area contributed by atoms with Gasteiger partial charge in [-0.2, -0.15) is 5.10 Å². The maximum absolute atomic E-state index is 11.4. The average molecular weight is 256 g/mol. The Kier molecular flexibility index (Phi) is 3.90. The van der Waals surface area contributed by atoms with Crippen LogP contribution in [0.4, 0.5) is 0 Å². The zero-order valence-corrected chi connectivity index (χ0v) is 10.3. The molecule has 17 heavy (non-hydrogen) atoms. The van der Waals surface area contributed by atoms with Gasteiger partial charge in [0.2, 0.25) is 5.91 Å². The van der Waals surface area contributed by atoms with E-state index in [1.807, 2.05) is 0 Å². The molecule has 7 heteroatoms. The molecule has 3 N–H and O–H groups in total. The molecular weight excluding hydrogens is 240 g/mol. The number of aliphatic hydroxyl groups excluding tert-OH is 1. The zero-order valence-electron chi connectivity index (χ0n) is 9.48. The Morgan fingerprint density at radius 2 is 2.41 bits per heavy atom. The van der Waals surface area contributed by atoms with Crippen molar-refractivity contribution in [3.63, 3.8) is 0 Å². The number of nitrogens with one attached hydrogen (secondary N) is 2. The third-order valence-corrected chi connectivity index (χ3v) is 3.02. The summed E-state index contributed by atoms with van der Waals surface area (Å²) >= 11 is 5.03. The lowest BCUT2D eigenvalue weighted by Crippen LogP contribution is -2.25. The summed E-state index contributed by atoms with van der Waals surface area (Å²) in [5.74, 6) is 0.602. The van der Waals surface area contributed by atoms with E-state index in [0.717, 1.165) is 12.8 Å². The predicted molar refractivity (Wildman–Crippen MR) is 63.7 cm³/mol. The minimum absolute atomic E-state index is 0.0908. The molecule has 94 valence electrons. The lowest BCUT2D eigenvalue weighted by molar-refractivity contribution is -0.121. The molecular formula is C10H16N4O2S. The van der Waals surface area contributed by atoms with Crippen LogP contribution in [0.2, 0.25) is 0 Å². The van der Waals surface area contributed by atoms with Crippen LogP contribution in [0.3, 0.4) is 0 Å². The second-order valence-corrected chi connectivity index (χ2v) is 4.59. The molecule has 0 aliphatic heterocycles. The highest BCUT2D eigenvalue weighted by Gasteiger charge is 2.22. The smallest absolute Gasteiger partial charge is 0.220 e. The molecule has 1 aromatic heterocycles. The number of aliphatic hydroxyl groups is 1. The van der Waals surface area contributed by atoms with Crippen molar-refractivity contribution in [3.8, 4) is 0 Å². The quantitative estimate of drug-likeness (QED) is 0.647. The molecule has 1 aliphatic carbocycles. The fourth-order valence-electron chi connectivity index (χ4n) is 1.63. The zero-order chi connectivity index (χ0) is 12.3. The van der Waals surface area contributed by atoms with Gasteiger partial charge in [-0.25, -0.2) is 0 Å². The van der Waals surface area contributed by atoms with Gasteiger partial charge in [0.25, 0.3) is 0 Å². The topological polar surface area (TPSA) is 82.9 Å². The minimum Gasteiger partial charge on any atom is -0.388 e. The van der Waals surface area contributed by atoms with E-state index in [1.54, 1.807) is 4.57 Å². The van der Waals surface area contributed by atoms with E-state index < -0.39 is 0 Å². The molecule has 0 radical (unpaired) electrons. The molecule has 1 aliphatic rings. The molecule has 0 unspecified atom stereocenters. The first kappa shape index (κ1) is 12.3. The first-order chi connectivity index (χ1) is 8.20. The lowest BCUT2D eigenvalue weighted by Gasteiger charge is -2.05. The van der Waals surface area contributed by atoms with Crippen molar-refractivity contribution in [2.24, 2.45) is 0 Å². The van der Waals surface area contributed by atoms with Crippen molar-refractivity contribution in [1.29, 1.82) is 0 Å². The SMILES string of the molecule is O=C(CCCn1c(CO)n[nH]c1=S)NC1CC1. The average Bonchev–Trinajstić information content (AvgIpc) is 3.04. The van der Waals surface area contributed by atoms with Gasteiger partial charge in [-0.1, -0.05) is 0 Å². The van der Waals surface area contributed by atoms with Gasteiger partial charge in [0, 0.05) is 19.0 Å². The van der Waals surface area contributed by atoms with Crippen LogP contribution in [0, 0.1) is 4.77 Å². The van der Waals surface area contributed by atoms with Crippen LogP contribution in [-0.4, -0.2) is 31.8 Å². The fraction of sp³-hybridized carbons (Fsp3) is 0.700. The van der Waals surface area contributed by atoms with Crippen LogP contribution in [0.15, 0.2) is 0 Å². The highest BCUT2D eigenvalue weighted by molar-refractivity contribution is 7.71. The fourth-order valence-corrected chi connectivity index (χ4v) is 1.87. The van der Waals surface area contributed by atoms with E-state index in [9.17, 15) is 4.79 Å². The van der Waals surface area contributed by atoms with E-state index in [2.05, 4.69) is 15.5 Å². The Labute approximate surface area is 104 Å². The summed E-state index contributed by atoms with van der Waals surface area (Å²) < 4.78 is 2.20. The van der Waals surface area contributed by atoms with E-state index in [-0.39, 0.29) is 12.5 Å². The maximum Gasteiger partial charge on any atom is 0.220 e. The van der Waals surface area contributed by atoms with Crippen molar-refractivity contribution in [3.05, 3.63) is 10.6 Å². The third-order valence-electron chi connectivity index (χ3n) is 2.71. The molecule has 1 amide bonds. The Hall–Kier alpha value is -1.21. The molecule has 1 aromatic rings. The second-order valence-electron chi connectivity index (χ2n) is 4.20. The van der Waals surface area contributed by atoms with E-state index in [1.165, 1.54) is 0 Å². The van der Waals surface area contributed by atoms with E-state index >= 15 is 0 Å². The van der Waals surface area contributed by atoms with Crippen LogP contribution < -0.4 is 5.32 Å². The molecule has 2 rings (SSSR count). The summed E-state index contributed by atoms with van der Waals surface area (Å²) in [7, 11) is 0. The first-order valence-electron chi connectivity index (χ1n) is 5.75. The second kappa shape index (κ2) is 5.42. The van der Waals surface area contributed by atoms with Crippen LogP contribution in [0.25, 0.3) is 0 Å². The van der Waals surface area contributed by atoms with Crippen molar-refractivity contribution in [1.82, 2.24) is 20.1 Å². The number of rotatable bonds is 6. The number of hydrogen-bond donors (Lipinski definition) is 3. The molecule has 1 saturated carbocycles. The Balaban J connectivity index is 1.78. The lowest BCUT2D eigenvalue weighted by atomic mass is 10.3. The van der Waals surface area contributed by atoms with Gasteiger partial charge >= 0.3 is 0 Å².